The number of aromatic amines is 1. The van der Waals surface area contributed by atoms with Gasteiger partial charge in [-0.25, -0.2) is 9.50 Å². The van der Waals surface area contributed by atoms with E-state index in [-0.39, 0.29) is 23.9 Å². The van der Waals surface area contributed by atoms with Crippen LogP contribution in [0.3, 0.4) is 0 Å². The lowest BCUT2D eigenvalue weighted by Gasteiger charge is -2.31. The SMILES string of the molecule is Cc1cnn(CC(=O)N2CCC(c3cc(=O)n4[nH]ccc4n3)CC2)c1. The van der Waals surface area contributed by atoms with Crippen LogP contribution in [-0.2, 0) is 11.3 Å². The quantitative estimate of drug-likeness (QED) is 0.768. The average Bonchev–Trinajstić information content (AvgIpc) is 3.24. The molecule has 3 aromatic rings. The van der Waals surface area contributed by atoms with Gasteiger partial charge in [-0.2, -0.15) is 5.10 Å². The lowest BCUT2D eigenvalue weighted by atomic mass is 9.93. The molecule has 8 heteroatoms. The zero-order valence-electron chi connectivity index (χ0n) is 14.1. The molecule has 1 N–H and O–H groups in total. The summed E-state index contributed by atoms with van der Waals surface area (Å²) in [6.45, 7) is 3.58. The second-order valence-corrected chi connectivity index (χ2v) is 6.55. The Morgan fingerprint density at radius 1 is 1.36 bits per heavy atom. The van der Waals surface area contributed by atoms with E-state index in [2.05, 4.69) is 15.2 Å². The van der Waals surface area contributed by atoms with Gasteiger partial charge in [0.25, 0.3) is 5.56 Å². The second kappa shape index (κ2) is 6.19. The summed E-state index contributed by atoms with van der Waals surface area (Å²) in [7, 11) is 0. The molecule has 1 aliphatic rings. The van der Waals surface area contributed by atoms with Crippen molar-refractivity contribution in [3.63, 3.8) is 0 Å². The first-order valence-corrected chi connectivity index (χ1v) is 8.44. The fourth-order valence-corrected chi connectivity index (χ4v) is 3.37. The molecule has 0 unspecified atom stereocenters. The number of H-pyrrole nitrogens is 1. The van der Waals surface area contributed by atoms with Gasteiger partial charge < -0.3 is 4.90 Å². The molecule has 4 heterocycles. The highest BCUT2D eigenvalue weighted by Crippen LogP contribution is 2.26. The molecular weight excluding hydrogens is 320 g/mol. The number of piperidine rings is 1. The van der Waals surface area contributed by atoms with Crippen LogP contribution in [0.2, 0.25) is 0 Å². The van der Waals surface area contributed by atoms with Crippen LogP contribution in [0.5, 0.6) is 0 Å². The van der Waals surface area contributed by atoms with Gasteiger partial charge in [-0.05, 0) is 25.3 Å². The van der Waals surface area contributed by atoms with Crippen molar-refractivity contribution in [3.8, 4) is 0 Å². The molecule has 1 amide bonds. The van der Waals surface area contributed by atoms with Crippen LogP contribution in [-0.4, -0.2) is 48.3 Å². The van der Waals surface area contributed by atoms with Crippen LogP contribution in [0, 0.1) is 6.92 Å². The van der Waals surface area contributed by atoms with E-state index >= 15 is 0 Å². The summed E-state index contributed by atoms with van der Waals surface area (Å²) in [5.74, 6) is 0.291. The maximum Gasteiger partial charge on any atom is 0.272 e. The Morgan fingerprint density at radius 3 is 2.88 bits per heavy atom. The molecule has 1 fully saturated rings. The van der Waals surface area contributed by atoms with Crippen molar-refractivity contribution in [3.05, 3.63) is 52.3 Å². The summed E-state index contributed by atoms with van der Waals surface area (Å²) in [6.07, 6.45) is 6.95. The van der Waals surface area contributed by atoms with Crippen molar-refractivity contribution in [1.82, 2.24) is 29.3 Å². The topological polar surface area (TPSA) is 88.3 Å². The van der Waals surface area contributed by atoms with Crippen molar-refractivity contribution in [1.29, 1.82) is 0 Å². The average molecular weight is 340 g/mol. The number of aryl methyl sites for hydroxylation is 1. The third-order valence-corrected chi connectivity index (χ3v) is 4.73. The predicted octanol–water partition coefficient (Wildman–Crippen LogP) is 0.934. The standard InChI is InChI=1S/C17H20N6O2/c1-12-9-19-22(10-12)11-17(25)21-6-3-13(4-7-21)14-8-16(24)23-15(20-14)2-5-18-23/h2,5,8-10,13,18H,3-4,6-7,11H2,1H3. The number of carbonyl (C=O) groups excluding carboxylic acids is 1. The van der Waals surface area contributed by atoms with Gasteiger partial charge >= 0.3 is 0 Å². The highest BCUT2D eigenvalue weighted by atomic mass is 16.2. The van der Waals surface area contributed by atoms with Gasteiger partial charge in [-0.3, -0.25) is 19.4 Å². The zero-order valence-corrected chi connectivity index (χ0v) is 14.1. The van der Waals surface area contributed by atoms with Crippen LogP contribution in [0.15, 0.2) is 35.5 Å². The number of nitrogens with one attached hydrogen (secondary N) is 1. The minimum atomic E-state index is -0.0995. The van der Waals surface area contributed by atoms with E-state index in [1.807, 2.05) is 18.0 Å². The van der Waals surface area contributed by atoms with E-state index in [9.17, 15) is 9.59 Å². The Kier molecular flexibility index (Phi) is 3.87. The van der Waals surface area contributed by atoms with Crippen LogP contribution < -0.4 is 5.56 Å². The summed E-state index contributed by atoms with van der Waals surface area (Å²) in [4.78, 5) is 30.9. The molecule has 8 nitrogen and oxygen atoms in total. The lowest BCUT2D eigenvalue weighted by Crippen LogP contribution is -2.40. The van der Waals surface area contributed by atoms with Gasteiger partial charge in [0.2, 0.25) is 5.91 Å². The second-order valence-electron chi connectivity index (χ2n) is 6.55. The number of aromatic nitrogens is 5. The Labute approximate surface area is 144 Å². The van der Waals surface area contributed by atoms with Crippen molar-refractivity contribution >= 4 is 11.6 Å². The summed E-state index contributed by atoms with van der Waals surface area (Å²) < 4.78 is 3.10. The number of hydrogen-bond donors (Lipinski definition) is 1. The van der Waals surface area contributed by atoms with Gasteiger partial charge in [0.15, 0.2) is 5.65 Å². The molecule has 0 saturated carbocycles. The van der Waals surface area contributed by atoms with E-state index in [1.165, 1.54) is 4.52 Å². The largest absolute Gasteiger partial charge is 0.341 e. The normalized spacial score (nSPS) is 15.8. The predicted molar refractivity (Wildman–Crippen MR) is 91.3 cm³/mol. The molecule has 0 aromatic carbocycles. The minimum Gasteiger partial charge on any atom is -0.341 e. The molecule has 0 atom stereocenters. The number of nitrogens with zero attached hydrogens (tertiary/aromatic N) is 5. The monoisotopic (exact) mass is 340 g/mol. The number of fused-ring (bicyclic) bond motifs is 1. The van der Waals surface area contributed by atoms with Crippen LogP contribution in [0.1, 0.15) is 30.0 Å². The highest BCUT2D eigenvalue weighted by Gasteiger charge is 2.25. The zero-order chi connectivity index (χ0) is 17.4. The minimum absolute atomic E-state index is 0.0793. The number of amides is 1. The first-order valence-electron chi connectivity index (χ1n) is 8.44. The maximum atomic E-state index is 12.4. The fourth-order valence-electron chi connectivity index (χ4n) is 3.37. The molecule has 1 saturated heterocycles. The third kappa shape index (κ3) is 3.07. The number of hydrogen-bond acceptors (Lipinski definition) is 4. The van der Waals surface area contributed by atoms with E-state index in [4.69, 9.17) is 0 Å². The van der Waals surface area contributed by atoms with Crippen molar-refractivity contribution in [2.45, 2.75) is 32.2 Å². The lowest BCUT2D eigenvalue weighted by molar-refractivity contribution is -0.133. The van der Waals surface area contributed by atoms with E-state index < -0.39 is 0 Å². The van der Waals surface area contributed by atoms with E-state index in [1.54, 1.807) is 29.2 Å². The fraction of sp³-hybridized carbons (Fsp3) is 0.412. The highest BCUT2D eigenvalue weighted by molar-refractivity contribution is 5.76. The number of likely N-dealkylation sites (tertiary alicyclic amines) is 1. The van der Waals surface area contributed by atoms with Crippen molar-refractivity contribution < 1.29 is 4.79 Å². The molecule has 0 aliphatic carbocycles. The van der Waals surface area contributed by atoms with Crippen LogP contribution in [0.25, 0.3) is 5.65 Å². The summed E-state index contributed by atoms with van der Waals surface area (Å²) in [5, 5.41) is 7.01. The molecule has 0 radical (unpaired) electrons. The number of rotatable bonds is 3. The Morgan fingerprint density at radius 2 is 2.16 bits per heavy atom. The van der Waals surface area contributed by atoms with Gasteiger partial charge in [0.1, 0.15) is 6.54 Å². The maximum absolute atomic E-state index is 12.4. The van der Waals surface area contributed by atoms with Gasteiger partial charge in [0, 0.05) is 43.5 Å². The summed E-state index contributed by atoms with van der Waals surface area (Å²) in [6, 6.07) is 3.38. The van der Waals surface area contributed by atoms with Gasteiger partial charge in [-0.15, -0.1) is 0 Å². The van der Waals surface area contributed by atoms with Gasteiger partial charge in [-0.1, -0.05) is 0 Å². The molecular formula is C17H20N6O2. The summed E-state index contributed by atoms with van der Waals surface area (Å²) in [5.41, 5.74) is 2.40. The molecule has 4 rings (SSSR count). The molecule has 0 spiro atoms. The molecule has 25 heavy (non-hydrogen) atoms. The van der Waals surface area contributed by atoms with E-state index in [0.29, 0.717) is 18.7 Å². The van der Waals surface area contributed by atoms with Gasteiger partial charge in [0.05, 0.1) is 11.9 Å². The first kappa shape index (κ1) is 15.6. The van der Waals surface area contributed by atoms with Crippen LogP contribution in [0.4, 0.5) is 0 Å². The first-order chi connectivity index (χ1) is 12.1. The Hall–Kier alpha value is -2.90. The molecule has 0 bridgehead atoms. The number of carbonyl (C=O) groups is 1. The molecule has 1 aliphatic heterocycles. The van der Waals surface area contributed by atoms with Crippen LogP contribution >= 0.6 is 0 Å². The van der Waals surface area contributed by atoms with Crippen molar-refractivity contribution in [2.75, 3.05) is 13.1 Å². The third-order valence-electron chi connectivity index (χ3n) is 4.73. The summed E-state index contributed by atoms with van der Waals surface area (Å²) >= 11 is 0. The Bertz CT molecular complexity index is 961. The van der Waals surface area contributed by atoms with E-state index in [0.717, 1.165) is 24.1 Å². The smallest absolute Gasteiger partial charge is 0.272 e. The van der Waals surface area contributed by atoms with Crippen molar-refractivity contribution in [2.24, 2.45) is 0 Å². The molecule has 130 valence electrons. The molecule has 3 aromatic heterocycles. The Balaban J connectivity index is 1.42.